The van der Waals surface area contributed by atoms with E-state index in [1.807, 2.05) is 19.1 Å². The highest BCUT2D eigenvalue weighted by Crippen LogP contribution is 2.13. The Morgan fingerprint density at radius 3 is 2.23 bits per heavy atom. The Hall–Kier alpha value is -3.68. The molecule has 0 unspecified atom stereocenters. The summed E-state index contributed by atoms with van der Waals surface area (Å²) in [4.78, 5) is 46.9. The fourth-order valence-electron chi connectivity index (χ4n) is 2.54. The number of carbonyl (C=O) groups is 4. The third-order valence-electron chi connectivity index (χ3n) is 4.16. The highest BCUT2D eigenvalue weighted by atomic mass is 16.5. The van der Waals surface area contributed by atoms with Gasteiger partial charge in [-0.25, -0.2) is 4.79 Å². The number of carbonyl (C=O) groups excluding carboxylic acids is 4. The number of benzene rings is 2. The zero-order valence-electron chi connectivity index (χ0n) is 16.9. The molecule has 8 nitrogen and oxygen atoms in total. The predicted molar refractivity (Wildman–Crippen MR) is 111 cm³/mol. The quantitative estimate of drug-likeness (QED) is 0.613. The maximum absolute atomic E-state index is 12.0. The molecule has 0 atom stereocenters. The van der Waals surface area contributed by atoms with Crippen LogP contribution < -0.4 is 10.6 Å². The largest absolute Gasteiger partial charge is 0.465 e. The number of anilines is 2. The smallest absolute Gasteiger partial charge is 0.337 e. The van der Waals surface area contributed by atoms with E-state index < -0.39 is 17.8 Å². The Balaban J connectivity index is 1.65. The molecule has 0 aliphatic carbocycles. The SMILES string of the molecule is COC(=O)c1ccc(NC(=O)CCCC(=O)OCC(=O)Nc2ccccc2C)cc1. The van der Waals surface area contributed by atoms with Crippen LogP contribution in [0.25, 0.3) is 0 Å². The molecule has 0 saturated heterocycles. The second kappa shape index (κ2) is 11.4. The maximum Gasteiger partial charge on any atom is 0.337 e. The summed E-state index contributed by atoms with van der Waals surface area (Å²) < 4.78 is 9.54. The van der Waals surface area contributed by atoms with Gasteiger partial charge in [0.25, 0.3) is 5.91 Å². The van der Waals surface area contributed by atoms with E-state index in [-0.39, 0.29) is 31.8 Å². The topological polar surface area (TPSA) is 111 Å². The number of aryl methyl sites for hydroxylation is 1. The van der Waals surface area contributed by atoms with Crippen LogP contribution in [0.2, 0.25) is 0 Å². The van der Waals surface area contributed by atoms with Crippen molar-refractivity contribution in [2.45, 2.75) is 26.2 Å². The van der Waals surface area contributed by atoms with Gasteiger partial charge in [0, 0.05) is 24.2 Å². The minimum absolute atomic E-state index is 0.0202. The molecule has 2 rings (SSSR count). The second-order valence-electron chi connectivity index (χ2n) is 6.49. The number of esters is 2. The first-order valence-corrected chi connectivity index (χ1v) is 9.38. The Morgan fingerprint density at radius 2 is 1.57 bits per heavy atom. The van der Waals surface area contributed by atoms with Crippen molar-refractivity contribution in [2.24, 2.45) is 0 Å². The summed E-state index contributed by atoms with van der Waals surface area (Å²) in [5, 5.41) is 5.35. The summed E-state index contributed by atoms with van der Waals surface area (Å²) in [5.41, 5.74) is 2.48. The molecule has 158 valence electrons. The summed E-state index contributed by atoms with van der Waals surface area (Å²) in [5.74, 6) is -1.71. The lowest BCUT2D eigenvalue weighted by atomic mass is 10.2. The lowest BCUT2D eigenvalue weighted by Gasteiger charge is -2.09. The van der Waals surface area contributed by atoms with Gasteiger partial charge in [-0.1, -0.05) is 18.2 Å². The third kappa shape index (κ3) is 7.38. The molecule has 0 fully saturated rings. The average molecular weight is 412 g/mol. The van der Waals surface area contributed by atoms with Crippen LogP contribution in [0.3, 0.4) is 0 Å². The van der Waals surface area contributed by atoms with Crippen LogP contribution in [0.1, 0.15) is 35.2 Å². The van der Waals surface area contributed by atoms with E-state index >= 15 is 0 Å². The molecule has 2 N–H and O–H groups in total. The molecule has 0 saturated carbocycles. The van der Waals surface area contributed by atoms with Gasteiger partial charge in [0.1, 0.15) is 0 Å². The minimum atomic E-state index is -0.551. The zero-order chi connectivity index (χ0) is 21.9. The fraction of sp³-hybridized carbons (Fsp3) is 0.273. The van der Waals surface area contributed by atoms with Crippen LogP contribution in [-0.2, 0) is 23.9 Å². The molecular formula is C22H24N2O6. The van der Waals surface area contributed by atoms with E-state index in [4.69, 9.17) is 4.74 Å². The summed E-state index contributed by atoms with van der Waals surface area (Å²) in [7, 11) is 1.29. The average Bonchev–Trinajstić information content (AvgIpc) is 2.74. The van der Waals surface area contributed by atoms with E-state index in [9.17, 15) is 19.2 Å². The van der Waals surface area contributed by atoms with Crippen LogP contribution in [-0.4, -0.2) is 37.5 Å². The van der Waals surface area contributed by atoms with Crippen LogP contribution in [0, 0.1) is 6.92 Å². The van der Waals surface area contributed by atoms with E-state index in [0.29, 0.717) is 16.9 Å². The van der Waals surface area contributed by atoms with Crippen LogP contribution in [0.4, 0.5) is 11.4 Å². The number of rotatable bonds is 9. The number of nitrogens with one attached hydrogen (secondary N) is 2. The Kier molecular flexibility index (Phi) is 8.56. The van der Waals surface area contributed by atoms with Gasteiger partial charge < -0.3 is 20.1 Å². The standard InChI is InChI=1S/C22H24N2O6/c1-15-6-3-4-7-18(15)24-20(26)14-30-21(27)9-5-8-19(25)23-17-12-10-16(11-13-17)22(28)29-2/h3-4,6-7,10-13H,5,8-9,14H2,1-2H3,(H,23,25)(H,24,26). The van der Waals surface area contributed by atoms with E-state index in [2.05, 4.69) is 15.4 Å². The summed E-state index contributed by atoms with van der Waals surface area (Å²) in [6.45, 7) is 1.48. The van der Waals surface area contributed by atoms with E-state index in [1.54, 1.807) is 36.4 Å². The molecule has 0 aliphatic rings. The van der Waals surface area contributed by atoms with Gasteiger partial charge in [0.2, 0.25) is 5.91 Å². The first kappa shape index (κ1) is 22.6. The Bertz CT molecular complexity index is 908. The Morgan fingerprint density at radius 1 is 0.867 bits per heavy atom. The van der Waals surface area contributed by atoms with E-state index in [1.165, 1.54) is 7.11 Å². The van der Waals surface area contributed by atoms with Crippen LogP contribution in [0.5, 0.6) is 0 Å². The molecule has 0 spiro atoms. The van der Waals surface area contributed by atoms with Gasteiger partial charge in [-0.2, -0.15) is 0 Å². The molecule has 0 aromatic heterocycles. The van der Waals surface area contributed by atoms with Gasteiger partial charge >= 0.3 is 11.9 Å². The molecule has 8 heteroatoms. The number of hydrogen-bond donors (Lipinski definition) is 2. The van der Waals surface area contributed by atoms with Crippen molar-refractivity contribution in [1.29, 1.82) is 0 Å². The molecule has 0 bridgehead atoms. The zero-order valence-corrected chi connectivity index (χ0v) is 16.9. The van der Waals surface area contributed by atoms with E-state index in [0.717, 1.165) is 5.56 Å². The minimum Gasteiger partial charge on any atom is -0.465 e. The van der Waals surface area contributed by atoms with Crippen molar-refractivity contribution >= 4 is 35.1 Å². The molecule has 0 radical (unpaired) electrons. The number of ether oxygens (including phenoxy) is 2. The summed E-state index contributed by atoms with van der Waals surface area (Å²) >= 11 is 0. The number of hydrogen-bond acceptors (Lipinski definition) is 6. The molecule has 0 aliphatic heterocycles. The van der Waals surface area contributed by atoms with Crippen LogP contribution >= 0.6 is 0 Å². The van der Waals surface area contributed by atoms with Crippen molar-refractivity contribution < 1.29 is 28.7 Å². The van der Waals surface area contributed by atoms with Crippen molar-refractivity contribution in [3.8, 4) is 0 Å². The van der Waals surface area contributed by atoms with Gasteiger partial charge in [0.05, 0.1) is 12.7 Å². The number of para-hydroxylation sites is 1. The Labute approximate surface area is 174 Å². The lowest BCUT2D eigenvalue weighted by molar-refractivity contribution is -0.147. The highest BCUT2D eigenvalue weighted by molar-refractivity contribution is 5.94. The molecule has 0 heterocycles. The third-order valence-corrected chi connectivity index (χ3v) is 4.16. The van der Waals surface area contributed by atoms with Crippen molar-refractivity contribution in [3.05, 3.63) is 59.7 Å². The number of methoxy groups -OCH3 is 1. The van der Waals surface area contributed by atoms with Crippen molar-refractivity contribution in [1.82, 2.24) is 0 Å². The molecular weight excluding hydrogens is 388 g/mol. The first-order chi connectivity index (χ1) is 14.4. The molecule has 2 aromatic rings. The molecule has 30 heavy (non-hydrogen) atoms. The first-order valence-electron chi connectivity index (χ1n) is 9.38. The predicted octanol–water partition coefficient (Wildman–Crippen LogP) is 3.07. The maximum atomic E-state index is 12.0. The van der Waals surface area contributed by atoms with Gasteiger partial charge in [0.15, 0.2) is 6.61 Å². The van der Waals surface area contributed by atoms with Gasteiger partial charge in [-0.15, -0.1) is 0 Å². The summed E-state index contributed by atoms with van der Waals surface area (Å²) in [6, 6.07) is 13.5. The monoisotopic (exact) mass is 412 g/mol. The van der Waals surface area contributed by atoms with Crippen LogP contribution in [0.15, 0.2) is 48.5 Å². The molecule has 2 amide bonds. The normalized spacial score (nSPS) is 10.1. The summed E-state index contributed by atoms with van der Waals surface area (Å²) in [6.07, 6.45) is 0.417. The van der Waals surface area contributed by atoms with Crippen molar-refractivity contribution in [2.75, 3.05) is 24.4 Å². The second-order valence-corrected chi connectivity index (χ2v) is 6.49. The fourth-order valence-corrected chi connectivity index (χ4v) is 2.54. The molecule has 2 aromatic carbocycles. The number of amides is 2. The lowest BCUT2D eigenvalue weighted by Crippen LogP contribution is -2.21. The highest BCUT2D eigenvalue weighted by Gasteiger charge is 2.11. The van der Waals surface area contributed by atoms with Gasteiger partial charge in [-0.3, -0.25) is 14.4 Å². The van der Waals surface area contributed by atoms with Gasteiger partial charge in [-0.05, 0) is 49.2 Å². The van der Waals surface area contributed by atoms with Crippen molar-refractivity contribution in [3.63, 3.8) is 0 Å².